The number of hydrogen-bond acceptors (Lipinski definition) is 3. The maximum Gasteiger partial charge on any atom is 0.121 e. The van der Waals surface area contributed by atoms with Crippen molar-refractivity contribution in [3.05, 3.63) is 138 Å². The van der Waals surface area contributed by atoms with Crippen LogP contribution in [0.15, 0.2) is 127 Å². The quantitative estimate of drug-likeness (QED) is 0.108. The lowest BCUT2D eigenvalue weighted by atomic mass is 9.86. The molecule has 0 fully saturated rings. The molecule has 0 heterocycles. The highest BCUT2D eigenvalue weighted by molar-refractivity contribution is 5.37. The molecule has 2 N–H and O–H groups in total. The third-order valence-electron chi connectivity index (χ3n) is 8.25. The summed E-state index contributed by atoms with van der Waals surface area (Å²) in [6, 6.07) is 6.36. The summed E-state index contributed by atoms with van der Waals surface area (Å²) >= 11 is 0. The molecule has 1 aromatic carbocycles. The van der Waals surface area contributed by atoms with Gasteiger partial charge in [0.05, 0.1) is 13.2 Å². The molecule has 244 valence electrons. The Morgan fingerprint density at radius 3 is 2.56 bits per heavy atom. The van der Waals surface area contributed by atoms with Gasteiger partial charge in [-0.2, -0.15) is 0 Å². The molecular weight excluding hydrogens is 548 g/mol. The van der Waals surface area contributed by atoms with Crippen molar-refractivity contribution in [2.24, 2.45) is 17.8 Å². The van der Waals surface area contributed by atoms with Crippen molar-refractivity contribution < 1.29 is 4.74 Å². The van der Waals surface area contributed by atoms with Crippen LogP contribution in [0.5, 0.6) is 5.75 Å². The van der Waals surface area contributed by atoms with Gasteiger partial charge in [0.15, 0.2) is 0 Å². The number of ether oxygens (including phenoxy) is 1. The van der Waals surface area contributed by atoms with Gasteiger partial charge in [0.25, 0.3) is 0 Å². The van der Waals surface area contributed by atoms with Gasteiger partial charge in [-0.25, -0.2) is 0 Å². The lowest BCUT2D eigenvalue weighted by Gasteiger charge is -2.25. The molecule has 0 spiro atoms. The van der Waals surface area contributed by atoms with E-state index in [1.54, 1.807) is 7.11 Å². The topological polar surface area (TPSA) is 33.3 Å². The van der Waals surface area contributed by atoms with Crippen LogP contribution in [-0.4, -0.2) is 19.7 Å². The van der Waals surface area contributed by atoms with Crippen molar-refractivity contribution in [1.29, 1.82) is 0 Å². The normalized spacial score (nSPS) is 15.0. The molecule has 2 unspecified atom stereocenters. The van der Waals surface area contributed by atoms with Gasteiger partial charge in [-0.05, 0) is 105 Å². The fourth-order valence-electron chi connectivity index (χ4n) is 5.51. The number of aryl methyl sites for hydroxylation is 1. The first kappa shape index (κ1) is 37.5. The second kappa shape index (κ2) is 20.3. The summed E-state index contributed by atoms with van der Waals surface area (Å²) in [4.78, 5) is 0. The van der Waals surface area contributed by atoms with Gasteiger partial charge in [-0.1, -0.05) is 119 Å². The molecule has 0 bridgehead atoms. The average Bonchev–Trinajstić information content (AvgIpc) is 3.26. The summed E-state index contributed by atoms with van der Waals surface area (Å²) in [5.74, 6) is 2.55. The molecule has 0 radical (unpaired) electrons. The Morgan fingerprint density at radius 2 is 1.87 bits per heavy atom. The van der Waals surface area contributed by atoms with E-state index in [2.05, 4.69) is 138 Å². The Labute approximate surface area is 276 Å². The molecule has 0 amide bonds. The van der Waals surface area contributed by atoms with Crippen molar-refractivity contribution in [2.75, 3.05) is 13.7 Å². The summed E-state index contributed by atoms with van der Waals surface area (Å²) in [6.07, 6.45) is 26.6. The molecule has 3 atom stereocenters. The standard InChI is InChI=1S/C42H60N2O/c1-31(2)27-40(32(3)4)28-34(6)25-26-43-37(9)41(30-39-23-24-42(45-10)35(7)29-39)44-36(8)18-16-15-17-33(5)21-22-38-19-13-11-12-14-20-38/h11-13,16,18-24,29,31,33,40-41,43-44H,3,6,8-9,14-15,17,25-28,30H2,1-2,4-5,7,10H3/b18-16+,22-21+/t33?,40?,41-/m1/s1. The Kier molecular flexibility index (Phi) is 16.9. The van der Waals surface area contributed by atoms with Crippen molar-refractivity contribution in [3.8, 4) is 5.75 Å². The molecule has 3 heteroatoms. The zero-order chi connectivity index (χ0) is 33.2. The van der Waals surface area contributed by atoms with Crippen LogP contribution in [0.25, 0.3) is 0 Å². The fourth-order valence-corrected chi connectivity index (χ4v) is 5.51. The summed E-state index contributed by atoms with van der Waals surface area (Å²) in [5.41, 5.74) is 7.99. The van der Waals surface area contributed by atoms with Crippen LogP contribution in [0, 0.1) is 24.7 Å². The number of benzene rings is 1. The van der Waals surface area contributed by atoms with Gasteiger partial charge >= 0.3 is 0 Å². The highest BCUT2D eigenvalue weighted by Gasteiger charge is 2.16. The van der Waals surface area contributed by atoms with Crippen LogP contribution in [0.4, 0.5) is 0 Å². The highest BCUT2D eigenvalue weighted by Crippen LogP contribution is 2.26. The van der Waals surface area contributed by atoms with Crippen LogP contribution in [0.1, 0.15) is 77.3 Å². The zero-order valence-corrected chi connectivity index (χ0v) is 29.1. The number of nitrogens with one attached hydrogen (secondary N) is 2. The Morgan fingerprint density at radius 1 is 1.09 bits per heavy atom. The molecule has 1 aliphatic carbocycles. The molecule has 0 aromatic heterocycles. The summed E-state index contributed by atoms with van der Waals surface area (Å²) in [5, 5.41) is 7.23. The van der Waals surface area contributed by atoms with Crippen LogP contribution >= 0.6 is 0 Å². The average molecular weight is 609 g/mol. The van der Waals surface area contributed by atoms with Crippen LogP contribution in [0.3, 0.4) is 0 Å². The molecular formula is C42H60N2O. The first-order valence-corrected chi connectivity index (χ1v) is 16.7. The molecule has 1 aliphatic rings. The smallest absolute Gasteiger partial charge is 0.121 e. The first-order valence-electron chi connectivity index (χ1n) is 16.7. The third-order valence-corrected chi connectivity index (χ3v) is 8.25. The Balaban J connectivity index is 1.96. The lowest BCUT2D eigenvalue weighted by Crippen LogP contribution is -2.37. The minimum Gasteiger partial charge on any atom is -0.496 e. The second-order valence-corrected chi connectivity index (χ2v) is 13.1. The van der Waals surface area contributed by atoms with Gasteiger partial charge in [-0.3, -0.25) is 0 Å². The Hall–Kier alpha value is -3.72. The van der Waals surface area contributed by atoms with Crippen LogP contribution in [0.2, 0.25) is 0 Å². The molecule has 0 saturated heterocycles. The highest BCUT2D eigenvalue weighted by atomic mass is 16.5. The SMILES string of the molecule is C=C(CCNC(=C)[C@@H](Cc1ccc(OC)c(C)c1)NC(=C)/C=C/CCC(C)/C=C/C1=CCC=CC=C1)CC(CC(C)C)C(=C)C. The Bertz CT molecular complexity index is 1290. The van der Waals surface area contributed by atoms with Crippen molar-refractivity contribution in [3.63, 3.8) is 0 Å². The lowest BCUT2D eigenvalue weighted by molar-refractivity contribution is 0.411. The largest absolute Gasteiger partial charge is 0.496 e. The van der Waals surface area contributed by atoms with Gasteiger partial charge in [0.2, 0.25) is 0 Å². The van der Waals surface area contributed by atoms with E-state index in [0.29, 0.717) is 17.8 Å². The van der Waals surface area contributed by atoms with E-state index < -0.39 is 0 Å². The van der Waals surface area contributed by atoms with Crippen LogP contribution in [-0.2, 0) is 6.42 Å². The van der Waals surface area contributed by atoms with Crippen molar-refractivity contribution in [1.82, 2.24) is 10.6 Å². The fraction of sp³-hybridized carbons (Fsp3) is 0.429. The molecule has 45 heavy (non-hydrogen) atoms. The summed E-state index contributed by atoms with van der Waals surface area (Å²) in [6.45, 7) is 29.2. The molecule has 3 nitrogen and oxygen atoms in total. The van der Waals surface area contributed by atoms with Gasteiger partial charge in [0.1, 0.15) is 5.75 Å². The second-order valence-electron chi connectivity index (χ2n) is 13.1. The van der Waals surface area contributed by atoms with Gasteiger partial charge in [-0.15, -0.1) is 0 Å². The van der Waals surface area contributed by atoms with Crippen LogP contribution < -0.4 is 15.4 Å². The number of rotatable bonds is 21. The summed E-state index contributed by atoms with van der Waals surface area (Å²) in [7, 11) is 1.71. The van der Waals surface area contributed by atoms with E-state index in [0.717, 1.165) is 74.2 Å². The van der Waals surface area contributed by atoms with Crippen molar-refractivity contribution >= 4 is 0 Å². The van der Waals surface area contributed by atoms with E-state index in [1.807, 2.05) is 6.07 Å². The zero-order valence-electron chi connectivity index (χ0n) is 29.1. The maximum atomic E-state index is 5.48. The minimum atomic E-state index is -0.00966. The third kappa shape index (κ3) is 15.2. The van der Waals surface area contributed by atoms with E-state index >= 15 is 0 Å². The minimum absolute atomic E-state index is 0.00966. The van der Waals surface area contributed by atoms with Gasteiger partial charge in [0, 0.05) is 17.9 Å². The van der Waals surface area contributed by atoms with E-state index in [9.17, 15) is 0 Å². The summed E-state index contributed by atoms with van der Waals surface area (Å²) < 4.78 is 5.48. The number of methoxy groups -OCH3 is 1. The number of hydrogen-bond donors (Lipinski definition) is 2. The monoisotopic (exact) mass is 608 g/mol. The molecule has 0 saturated carbocycles. The number of allylic oxidation sites excluding steroid dienone is 11. The van der Waals surface area contributed by atoms with E-state index in [-0.39, 0.29) is 6.04 Å². The van der Waals surface area contributed by atoms with E-state index in [4.69, 9.17) is 4.74 Å². The first-order chi connectivity index (χ1) is 21.5. The predicted molar refractivity (Wildman–Crippen MR) is 198 cm³/mol. The predicted octanol–water partition coefficient (Wildman–Crippen LogP) is 10.7. The molecule has 0 aliphatic heterocycles. The maximum absolute atomic E-state index is 5.48. The van der Waals surface area contributed by atoms with Gasteiger partial charge < -0.3 is 15.4 Å². The van der Waals surface area contributed by atoms with Crippen molar-refractivity contribution in [2.45, 2.75) is 85.6 Å². The molecule has 1 aromatic rings. The van der Waals surface area contributed by atoms with E-state index in [1.165, 1.54) is 22.3 Å². The molecule has 2 rings (SSSR count).